The van der Waals surface area contributed by atoms with Crippen molar-refractivity contribution in [3.05, 3.63) is 36.3 Å². The lowest BCUT2D eigenvalue weighted by atomic mass is 10.2. The van der Waals surface area contributed by atoms with Gasteiger partial charge in [0, 0.05) is 11.4 Å². The van der Waals surface area contributed by atoms with Crippen LogP contribution in [0.2, 0.25) is 0 Å². The zero-order valence-corrected chi connectivity index (χ0v) is 11.5. The summed E-state index contributed by atoms with van der Waals surface area (Å²) in [6.45, 7) is 7.02. The van der Waals surface area contributed by atoms with Crippen LogP contribution in [0, 0.1) is 5.82 Å². The van der Waals surface area contributed by atoms with Gasteiger partial charge in [-0.2, -0.15) is 0 Å². The van der Waals surface area contributed by atoms with Crippen molar-refractivity contribution in [3.63, 3.8) is 0 Å². The minimum absolute atomic E-state index is 0.163. The summed E-state index contributed by atoms with van der Waals surface area (Å²) >= 11 is 1.24. The predicted molar refractivity (Wildman–Crippen MR) is 75.8 cm³/mol. The van der Waals surface area contributed by atoms with Gasteiger partial charge in [0.25, 0.3) is 0 Å². The number of nitrogens with zero attached hydrogens (tertiary/aromatic N) is 4. The number of aliphatic hydroxyl groups is 1. The van der Waals surface area contributed by atoms with Gasteiger partial charge in [0.05, 0.1) is 12.4 Å². The fourth-order valence-corrected chi connectivity index (χ4v) is 1.94. The highest BCUT2D eigenvalue weighted by Gasteiger charge is 2.21. The Labute approximate surface area is 115 Å². The number of halogens is 1. The van der Waals surface area contributed by atoms with E-state index >= 15 is 0 Å². The summed E-state index contributed by atoms with van der Waals surface area (Å²) in [6, 6.07) is 0. The third kappa shape index (κ3) is 4.88. The van der Waals surface area contributed by atoms with E-state index in [4.69, 9.17) is 0 Å². The van der Waals surface area contributed by atoms with Crippen molar-refractivity contribution in [2.24, 2.45) is 9.98 Å². The number of aliphatic hydroxyl groups excluding tert-OH is 1. The zero-order valence-electron chi connectivity index (χ0n) is 10.7. The Morgan fingerprint density at radius 1 is 1.53 bits per heavy atom. The second-order valence-corrected chi connectivity index (χ2v) is 4.92. The number of hydrogen-bond donors (Lipinski definition) is 1. The van der Waals surface area contributed by atoms with Gasteiger partial charge in [-0.05, 0) is 20.6 Å². The average molecular weight is 282 g/mol. The molecule has 1 heterocycles. The van der Waals surface area contributed by atoms with Gasteiger partial charge in [-0.1, -0.05) is 17.8 Å². The molecule has 0 bridgehead atoms. The number of amidine groups is 1. The first-order valence-corrected chi connectivity index (χ1v) is 6.44. The topological polar surface area (TPSA) is 70.7 Å². The van der Waals surface area contributed by atoms with E-state index in [1.54, 1.807) is 19.2 Å². The molecule has 0 radical (unpaired) electrons. The van der Waals surface area contributed by atoms with E-state index in [1.165, 1.54) is 11.8 Å². The van der Waals surface area contributed by atoms with Crippen LogP contribution in [0.1, 0.15) is 25.8 Å². The molecule has 19 heavy (non-hydrogen) atoms. The zero-order chi connectivity index (χ0) is 14.3. The van der Waals surface area contributed by atoms with Crippen LogP contribution in [0.4, 0.5) is 4.39 Å². The molecule has 0 aliphatic rings. The Morgan fingerprint density at radius 3 is 2.68 bits per heavy atom. The van der Waals surface area contributed by atoms with Crippen LogP contribution in [0.3, 0.4) is 0 Å². The highest BCUT2D eigenvalue weighted by molar-refractivity contribution is 8.14. The fourth-order valence-electron chi connectivity index (χ4n) is 1.16. The molecule has 0 aliphatic carbocycles. The Hall–Kier alpha value is -1.60. The maximum atomic E-state index is 12.7. The molecule has 0 spiro atoms. The maximum absolute atomic E-state index is 12.7. The van der Waals surface area contributed by atoms with E-state index in [1.807, 2.05) is 6.92 Å². The smallest absolute Gasteiger partial charge is 0.187 e. The molecule has 0 fully saturated rings. The number of aromatic nitrogens is 2. The van der Waals surface area contributed by atoms with E-state index in [2.05, 4.69) is 26.7 Å². The quantitative estimate of drug-likeness (QED) is 0.680. The summed E-state index contributed by atoms with van der Waals surface area (Å²) < 4.78 is 12.7. The normalized spacial score (nSPS) is 15.5. The van der Waals surface area contributed by atoms with Crippen LogP contribution in [0.25, 0.3) is 0 Å². The van der Waals surface area contributed by atoms with Crippen molar-refractivity contribution in [1.82, 2.24) is 9.97 Å². The van der Waals surface area contributed by atoms with Crippen LogP contribution < -0.4 is 0 Å². The first-order valence-electron chi connectivity index (χ1n) is 5.56. The number of rotatable bonds is 4. The van der Waals surface area contributed by atoms with Crippen molar-refractivity contribution in [2.75, 3.05) is 0 Å². The van der Waals surface area contributed by atoms with Crippen molar-refractivity contribution in [2.45, 2.75) is 25.2 Å². The molecule has 1 N–H and O–H groups in total. The summed E-state index contributed by atoms with van der Waals surface area (Å²) in [5, 5.41) is 10.2. The highest BCUT2D eigenvalue weighted by Crippen LogP contribution is 2.25. The Kier molecular flexibility index (Phi) is 6.31. The number of thioether (sulfide) groups is 1. The van der Waals surface area contributed by atoms with Crippen LogP contribution in [-0.2, 0) is 0 Å². The van der Waals surface area contributed by atoms with Crippen molar-refractivity contribution >= 4 is 23.6 Å². The lowest BCUT2D eigenvalue weighted by molar-refractivity contribution is 0.169. The van der Waals surface area contributed by atoms with Crippen molar-refractivity contribution < 1.29 is 9.50 Å². The summed E-state index contributed by atoms with van der Waals surface area (Å²) in [5.41, 5.74) is 0. The molecule has 0 saturated heterocycles. The minimum atomic E-state index is -0.942. The largest absolute Gasteiger partial charge is 0.384 e. The molecule has 1 rings (SSSR count). The van der Waals surface area contributed by atoms with Gasteiger partial charge in [-0.25, -0.2) is 24.3 Å². The standard InChI is InChI=1S/C12H15FN4OS/c1-4-5-15-12(14-3)19-8(2)10(18)11-16-6-9(13)7-17-11/h4-8,10,18H,3H2,1-2H3/b5-4-,15-12+/t8-,10+/m1/s1. The third-order valence-electron chi connectivity index (χ3n) is 2.11. The molecule has 2 atom stereocenters. The molecule has 7 heteroatoms. The van der Waals surface area contributed by atoms with Crippen LogP contribution >= 0.6 is 11.8 Å². The molecule has 0 aliphatic heterocycles. The summed E-state index contributed by atoms with van der Waals surface area (Å²) in [5.74, 6) is -0.379. The van der Waals surface area contributed by atoms with Crippen LogP contribution in [0.5, 0.6) is 0 Å². The van der Waals surface area contributed by atoms with Crippen molar-refractivity contribution in [1.29, 1.82) is 0 Å². The van der Waals surface area contributed by atoms with Crippen molar-refractivity contribution in [3.8, 4) is 0 Å². The Morgan fingerprint density at radius 2 is 2.16 bits per heavy atom. The number of allylic oxidation sites excluding steroid dienone is 1. The summed E-state index contributed by atoms with van der Waals surface area (Å²) in [4.78, 5) is 15.3. The van der Waals surface area contributed by atoms with E-state index in [0.29, 0.717) is 5.17 Å². The molecule has 102 valence electrons. The maximum Gasteiger partial charge on any atom is 0.187 e. The summed E-state index contributed by atoms with van der Waals surface area (Å²) in [6.07, 6.45) is 4.44. The lowest BCUT2D eigenvalue weighted by Gasteiger charge is -2.16. The van der Waals surface area contributed by atoms with Crippen LogP contribution in [-0.4, -0.2) is 32.2 Å². The number of aliphatic imine (C=N–C) groups is 2. The van der Waals surface area contributed by atoms with Gasteiger partial charge in [-0.15, -0.1) is 0 Å². The average Bonchev–Trinajstić information content (AvgIpc) is 2.43. The second kappa shape index (κ2) is 7.75. The minimum Gasteiger partial charge on any atom is -0.384 e. The molecule has 0 aromatic carbocycles. The van der Waals surface area contributed by atoms with Gasteiger partial charge in [-0.3, -0.25) is 0 Å². The fraction of sp³-hybridized carbons (Fsp3) is 0.333. The monoisotopic (exact) mass is 282 g/mol. The van der Waals surface area contributed by atoms with Crippen LogP contribution in [0.15, 0.2) is 34.7 Å². The van der Waals surface area contributed by atoms with Gasteiger partial charge in [0.2, 0.25) is 0 Å². The van der Waals surface area contributed by atoms with E-state index in [0.717, 1.165) is 12.4 Å². The molecular formula is C12H15FN4OS. The molecule has 0 unspecified atom stereocenters. The Balaban J connectivity index is 2.73. The third-order valence-corrected chi connectivity index (χ3v) is 3.19. The predicted octanol–water partition coefficient (Wildman–Crippen LogP) is 2.36. The first-order chi connectivity index (χ1) is 9.08. The molecule has 5 nitrogen and oxygen atoms in total. The summed E-state index contributed by atoms with van der Waals surface area (Å²) in [7, 11) is 0. The van der Waals surface area contributed by atoms with E-state index < -0.39 is 11.9 Å². The van der Waals surface area contributed by atoms with Gasteiger partial charge in [0.15, 0.2) is 16.8 Å². The van der Waals surface area contributed by atoms with E-state index in [-0.39, 0.29) is 11.1 Å². The van der Waals surface area contributed by atoms with Gasteiger partial charge >= 0.3 is 0 Å². The second-order valence-electron chi connectivity index (χ2n) is 3.58. The molecule has 1 aromatic heterocycles. The molecular weight excluding hydrogens is 267 g/mol. The number of hydrogen-bond acceptors (Lipinski definition) is 5. The Bertz CT molecular complexity index is 475. The highest BCUT2D eigenvalue weighted by atomic mass is 32.2. The first kappa shape index (κ1) is 15.5. The molecule has 0 saturated carbocycles. The van der Waals surface area contributed by atoms with Gasteiger partial charge in [0.1, 0.15) is 6.10 Å². The molecule has 1 aromatic rings. The SMILES string of the molecule is C=N/C(=N\C=C/C)S[C@H](C)[C@H](O)c1ncc(F)cn1. The molecule has 0 amide bonds. The van der Waals surface area contributed by atoms with Gasteiger partial charge < -0.3 is 5.11 Å². The van der Waals surface area contributed by atoms with E-state index in [9.17, 15) is 9.50 Å². The lowest BCUT2D eigenvalue weighted by Crippen LogP contribution is -2.16.